The van der Waals surface area contributed by atoms with Crippen LogP contribution in [0.3, 0.4) is 0 Å². The Morgan fingerprint density at radius 1 is 0.895 bits per heavy atom. The molecule has 2 rings (SSSR count). The first-order valence-corrected chi connectivity index (χ1v) is 5.54. The molecule has 0 aliphatic carbocycles. The zero-order chi connectivity index (χ0) is 14.0. The van der Waals surface area contributed by atoms with Gasteiger partial charge in [0.05, 0.1) is 5.02 Å². The van der Waals surface area contributed by atoms with Gasteiger partial charge in [0.2, 0.25) is 0 Å². The zero-order valence-corrected chi connectivity index (χ0v) is 10.1. The van der Waals surface area contributed by atoms with E-state index in [0.717, 1.165) is 0 Å². The number of ether oxygens (including phenoxy) is 1. The van der Waals surface area contributed by atoms with Crippen molar-refractivity contribution in [3.05, 3.63) is 53.3 Å². The zero-order valence-electron chi connectivity index (χ0n) is 9.34. The van der Waals surface area contributed by atoms with E-state index in [1.807, 2.05) is 0 Å². The summed E-state index contributed by atoms with van der Waals surface area (Å²) in [6, 6.07) is 9.31. The average Bonchev–Trinajstić information content (AvgIpc) is 2.32. The largest absolute Gasteiger partial charge is 0.573 e. The molecule has 100 valence electrons. The standard InChI is InChI=1S/C13H7ClF4O/c14-11-7-9(3-6-12(11)15)8-1-4-10(5-2-8)19-13(16,17)18/h1-7H. The summed E-state index contributed by atoms with van der Waals surface area (Å²) in [5.41, 5.74) is 1.21. The van der Waals surface area contributed by atoms with Crippen molar-refractivity contribution < 1.29 is 22.3 Å². The Labute approximate surface area is 111 Å². The summed E-state index contributed by atoms with van der Waals surface area (Å²) in [5.74, 6) is -0.869. The van der Waals surface area contributed by atoms with Crippen LogP contribution in [0, 0.1) is 5.82 Å². The summed E-state index contributed by atoms with van der Waals surface area (Å²) >= 11 is 5.63. The van der Waals surface area contributed by atoms with E-state index < -0.39 is 12.2 Å². The molecule has 0 unspecified atom stereocenters. The molecule has 19 heavy (non-hydrogen) atoms. The minimum atomic E-state index is -4.72. The van der Waals surface area contributed by atoms with Gasteiger partial charge in [-0.1, -0.05) is 29.8 Å². The van der Waals surface area contributed by atoms with E-state index in [4.69, 9.17) is 11.6 Å². The van der Waals surface area contributed by atoms with Gasteiger partial charge in [-0.25, -0.2) is 4.39 Å². The summed E-state index contributed by atoms with van der Waals surface area (Å²) in [7, 11) is 0. The van der Waals surface area contributed by atoms with Crippen LogP contribution in [0.1, 0.15) is 0 Å². The van der Waals surface area contributed by atoms with Gasteiger partial charge in [0.25, 0.3) is 0 Å². The number of hydrogen-bond donors (Lipinski definition) is 0. The summed E-state index contributed by atoms with van der Waals surface area (Å²) < 4.78 is 52.7. The lowest BCUT2D eigenvalue weighted by Crippen LogP contribution is -2.16. The maximum atomic E-state index is 13.0. The van der Waals surface area contributed by atoms with Crippen LogP contribution in [0.4, 0.5) is 17.6 Å². The molecule has 0 aliphatic rings. The third-order valence-corrected chi connectivity index (χ3v) is 2.63. The fourth-order valence-electron chi connectivity index (χ4n) is 1.52. The first kappa shape index (κ1) is 13.7. The van der Waals surface area contributed by atoms with E-state index in [-0.39, 0.29) is 10.8 Å². The van der Waals surface area contributed by atoms with Crippen LogP contribution < -0.4 is 4.74 Å². The van der Waals surface area contributed by atoms with Crippen molar-refractivity contribution in [1.29, 1.82) is 0 Å². The van der Waals surface area contributed by atoms with Crippen LogP contribution >= 0.6 is 11.6 Å². The third-order valence-electron chi connectivity index (χ3n) is 2.34. The second-order valence-corrected chi connectivity index (χ2v) is 4.11. The Morgan fingerprint density at radius 2 is 1.47 bits per heavy atom. The molecule has 0 fully saturated rings. The fourth-order valence-corrected chi connectivity index (χ4v) is 1.71. The van der Waals surface area contributed by atoms with Crippen LogP contribution in [0.15, 0.2) is 42.5 Å². The molecule has 0 aliphatic heterocycles. The first-order chi connectivity index (χ1) is 8.85. The molecule has 0 spiro atoms. The van der Waals surface area contributed by atoms with Crippen LogP contribution in [0.2, 0.25) is 5.02 Å². The molecular formula is C13H7ClF4O. The molecule has 0 saturated carbocycles. The highest BCUT2D eigenvalue weighted by Crippen LogP contribution is 2.28. The molecular weight excluding hydrogens is 284 g/mol. The van der Waals surface area contributed by atoms with Gasteiger partial charge >= 0.3 is 6.36 Å². The Kier molecular flexibility index (Phi) is 3.66. The van der Waals surface area contributed by atoms with Crippen molar-refractivity contribution in [1.82, 2.24) is 0 Å². The van der Waals surface area contributed by atoms with E-state index in [2.05, 4.69) is 4.74 Å². The van der Waals surface area contributed by atoms with Gasteiger partial charge in [0.15, 0.2) is 0 Å². The predicted molar refractivity (Wildman–Crippen MR) is 63.5 cm³/mol. The first-order valence-electron chi connectivity index (χ1n) is 5.16. The Balaban J connectivity index is 2.25. The monoisotopic (exact) mass is 290 g/mol. The predicted octanol–water partition coefficient (Wildman–Crippen LogP) is 5.04. The Bertz CT molecular complexity index is 578. The van der Waals surface area contributed by atoms with E-state index in [1.165, 1.54) is 42.5 Å². The molecule has 2 aromatic rings. The maximum absolute atomic E-state index is 13.0. The fraction of sp³-hybridized carbons (Fsp3) is 0.0769. The Hall–Kier alpha value is -1.75. The van der Waals surface area contributed by atoms with E-state index in [0.29, 0.717) is 11.1 Å². The number of hydrogen-bond acceptors (Lipinski definition) is 1. The SMILES string of the molecule is Fc1ccc(-c2ccc(OC(F)(F)F)cc2)cc1Cl. The molecule has 0 N–H and O–H groups in total. The second-order valence-electron chi connectivity index (χ2n) is 3.70. The van der Waals surface area contributed by atoms with Gasteiger partial charge in [-0.05, 0) is 35.4 Å². The van der Waals surface area contributed by atoms with Gasteiger partial charge < -0.3 is 4.74 Å². The number of alkyl halides is 3. The van der Waals surface area contributed by atoms with Gasteiger partial charge in [-0.15, -0.1) is 13.2 Å². The van der Waals surface area contributed by atoms with Gasteiger partial charge in [-0.2, -0.15) is 0 Å². The molecule has 0 heterocycles. The summed E-state index contributed by atoms with van der Waals surface area (Å²) in [5, 5.41) is -0.0480. The number of rotatable bonds is 2. The van der Waals surface area contributed by atoms with Crippen molar-refractivity contribution in [2.24, 2.45) is 0 Å². The number of benzene rings is 2. The van der Waals surface area contributed by atoms with E-state index in [9.17, 15) is 17.6 Å². The van der Waals surface area contributed by atoms with Crippen LogP contribution in [0.5, 0.6) is 5.75 Å². The summed E-state index contributed by atoms with van der Waals surface area (Å²) in [6.45, 7) is 0. The Morgan fingerprint density at radius 3 is 2.00 bits per heavy atom. The smallest absolute Gasteiger partial charge is 0.406 e. The molecule has 0 radical (unpaired) electrons. The minimum absolute atomic E-state index is 0.0480. The van der Waals surface area contributed by atoms with Crippen LogP contribution in [-0.4, -0.2) is 6.36 Å². The van der Waals surface area contributed by atoms with Crippen molar-refractivity contribution >= 4 is 11.6 Å². The third kappa shape index (κ3) is 3.61. The van der Waals surface area contributed by atoms with Crippen molar-refractivity contribution in [3.8, 4) is 16.9 Å². The van der Waals surface area contributed by atoms with Gasteiger partial charge in [0, 0.05) is 0 Å². The normalized spacial score (nSPS) is 11.4. The molecule has 0 amide bonds. The molecule has 6 heteroatoms. The van der Waals surface area contributed by atoms with Crippen molar-refractivity contribution in [3.63, 3.8) is 0 Å². The maximum Gasteiger partial charge on any atom is 0.573 e. The van der Waals surface area contributed by atoms with E-state index in [1.54, 1.807) is 0 Å². The topological polar surface area (TPSA) is 9.23 Å². The molecule has 0 bridgehead atoms. The highest BCUT2D eigenvalue weighted by Gasteiger charge is 2.30. The average molecular weight is 291 g/mol. The molecule has 0 atom stereocenters. The lowest BCUT2D eigenvalue weighted by atomic mass is 10.1. The lowest BCUT2D eigenvalue weighted by Gasteiger charge is -2.09. The van der Waals surface area contributed by atoms with Gasteiger partial charge in [0.1, 0.15) is 11.6 Å². The van der Waals surface area contributed by atoms with Crippen LogP contribution in [-0.2, 0) is 0 Å². The number of halogens is 5. The van der Waals surface area contributed by atoms with Crippen LogP contribution in [0.25, 0.3) is 11.1 Å². The quantitative estimate of drug-likeness (QED) is 0.704. The lowest BCUT2D eigenvalue weighted by molar-refractivity contribution is -0.274. The highest BCUT2D eigenvalue weighted by atomic mass is 35.5. The van der Waals surface area contributed by atoms with E-state index >= 15 is 0 Å². The molecule has 0 aromatic heterocycles. The molecule has 0 saturated heterocycles. The van der Waals surface area contributed by atoms with Crippen molar-refractivity contribution in [2.45, 2.75) is 6.36 Å². The molecule has 1 nitrogen and oxygen atoms in total. The summed E-state index contributed by atoms with van der Waals surface area (Å²) in [4.78, 5) is 0. The van der Waals surface area contributed by atoms with Crippen molar-refractivity contribution in [2.75, 3.05) is 0 Å². The second kappa shape index (κ2) is 5.09. The highest BCUT2D eigenvalue weighted by molar-refractivity contribution is 6.31. The molecule has 2 aromatic carbocycles. The van der Waals surface area contributed by atoms with Gasteiger partial charge in [-0.3, -0.25) is 0 Å². The summed E-state index contributed by atoms with van der Waals surface area (Å²) in [6.07, 6.45) is -4.72. The minimum Gasteiger partial charge on any atom is -0.406 e.